The molecule has 1 unspecified atom stereocenters. The molecule has 2 nitrogen and oxygen atoms in total. The largest absolute Gasteiger partial charge is 0.496 e. The van der Waals surface area contributed by atoms with Crippen LogP contribution < -0.4 is 10.1 Å². The Labute approximate surface area is 133 Å². The van der Waals surface area contributed by atoms with Crippen LogP contribution in [0.5, 0.6) is 5.75 Å². The molecule has 1 N–H and O–H groups in total. The number of ether oxygens (including phenoxy) is 1. The topological polar surface area (TPSA) is 21.3 Å². The fourth-order valence-corrected chi connectivity index (χ4v) is 3.76. The summed E-state index contributed by atoms with van der Waals surface area (Å²) in [5.74, 6) is 0.919. The van der Waals surface area contributed by atoms with Crippen LogP contribution in [0.2, 0.25) is 0 Å². The van der Waals surface area contributed by atoms with Gasteiger partial charge in [-0.05, 0) is 50.2 Å². The fourth-order valence-electron chi connectivity index (χ4n) is 2.24. The minimum Gasteiger partial charge on any atom is -0.496 e. The summed E-state index contributed by atoms with van der Waals surface area (Å²) < 4.78 is 6.60. The number of rotatable bonds is 5. The highest BCUT2D eigenvalue weighted by Gasteiger charge is 2.20. The normalized spacial score (nSPS) is 12.4. The van der Waals surface area contributed by atoms with Crippen LogP contribution in [0.25, 0.3) is 0 Å². The zero-order valence-corrected chi connectivity index (χ0v) is 14.7. The number of thiophene rings is 1. The number of benzene rings is 1. The van der Waals surface area contributed by atoms with Gasteiger partial charge >= 0.3 is 0 Å². The molecule has 0 aliphatic rings. The lowest BCUT2D eigenvalue weighted by Crippen LogP contribution is -2.21. The van der Waals surface area contributed by atoms with Crippen LogP contribution in [0.15, 0.2) is 28.7 Å². The predicted molar refractivity (Wildman–Crippen MR) is 90.0 cm³/mol. The first kappa shape index (κ1) is 15.5. The van der Waals surface area contributed by atoms with Crippen molar-refractivity contribution in [2.24, 2.45) is 0 Å². The van der Waals surface area contributed by atoms with Gasteiger partial charge in [0.1, 0.15) is 5.75 Å². The van der Waals surface area contributed by atoms with Crippen LogP contribution in [-0.2, 0) is 0 Å². The molecule has 0 amide bonds. The average molecular weight is 354 g/mol. The summed E-state index contributed by atoms with van der Waals surface area (Å²) in [6.07, 6.45) is 0. The van der Waals surface area contributed by atoms with E-state index in [9.17, 15) is 0 Å². The Morgan fingerprint density at radius 3 is 2.60 bits per heavy atom. The average Bonchev–Trinajstić information content (AvgIpc) is 2.75. The fraction of sp³-hybridized carbons (Fsp3) is 0.375. The summed E-state index contributed by atoms with van der Waals surface area (Å²) in [4.78, 5) is 2.70. The molecule has 0 saturated heterocycles. The second kappa shape index (κ2) is 6.74. The number of halogens is 1. The highest BCUT2D eigenvalue weighted by Crippen LogP contribution is 2.36. The molecule has 1 heterocycles. The minimum absolute atomic E-state index is 0.171. The van der Waals surface area contributed by atoms with Crippen molar-refractivity contribution in [2.75, 3.05) is 13.7 Å². The first-order valence-electron chi connectivity index (χ1n) is 6.70. The molecule has 2 aromatic rings. The predicted octanol–water partition coefficient (Wildman–Crippen LogP) is 4.83. The third-order valence-electron chi connectivity index (χ3n) is 3.38. The van der Waals surface area contributed by atoms with Crippen molar-refractivity contribution in [1.82, 2.24) is 5.32 Å². The SMILES string of the molecule is CCNC(c1cc(C)c(C)s1)c1cc(Br)ccc1OC. The van der Waals surface area contributed by atoms with Gasteiger partial charge in [0.2, 0.25) is 0 Å². The lowest BCUT2D eigenvalue weighted by atomic mass is 10.0. The van der Waals surface area contributed by atoms with Gasteiger partial charge in [-0.2, -0.15) is 0 Å². The number of nitrogens with one attached hydrogen (secondary N) is 1. The maximum atomic E-state index is 5.53. The summed E-state index contributed by atoms with van der Waals surface area (Å²) in [5, 5.41) is 3.57. The van der Waals surface area contributed by atoms with E-state index < -0.39 is 0 Å². The molecule has 0 aliphatic carbocycles. The van der Waals surface area contributed by atoms with E-state index in [-0.39, 0.29) is 6.04 Å². The van der Waals surface area contributed by atoms with E-state index in [1.807, 2.05) is 23.5 Å². The van der Waals surface area contributed by atoms with Gasteiger partial charge in [0, 0.05) is 19.8 Å². The van der Waals surface area contributed by atoms with Gasteiger partial charge in [0.25, 0.3) is 0 Å². The molecule has 4 heteroatoms. The first-order valence-corrected chi connectivity index (χ1v) is 8.31. The summed E-state index contributed by atoms with van der Waals surface area (Å²) in [5.41, 5.74) is 2.52. The van der Waals surface area contributed by atoms with Gasteiger partial charge in [-0.15, -0.1) is 11.3 Å². The number of hydrogen-bond acceptors (Lipinski definition) is 3. The standard InChI is InChI=1S/C16H20BrNOS/c1-5-18-16(15-8-10(2)11(3)20-15)13-9-12(17)6-7-14(13)19-4/h6-9,16,18H,5H2,1-4H3. The second-order valence-corrected chi connectivity index (χ2v) is 6.97. The number of methoxy groups -OCH3 is 1. The summed E-state index contributed by atoms with van der Waals surface area (Å²) in [7, 11) is 1.72. The van der Waals surface area contributed by atoms with Gasteiger partial charge in [-0.25, -0.2) is 0 Å². The molecule has 108 valence electrons. The van der Waals surface area contributed by atoms with Crippen molar-refractivity contribution in [3.8, 4) is 5.75 Å². The lowest BCUT2D eigenvalue weighted by Gasteiger charge is -2.20. The third-order valence-corrected chi connectivity index (χ3v) is 5.09. The van der Waals surface area contributed by atoms with E-state index in [0.717, 1.165) is 16.8 Å². The maximum Gasteiger partial charge on any atom is 0.124 e. The smallest absolute Gasteiger partial charge is 0.124 e. The minimum atomic E-state index is 0.171. The van der Waals surface area contributed by atoms with Crippen LogP contribution in [0.4, 0.5) is 0 Å². The lowest BCUT2D eigenvalue weighted by molar-refractivity contribution is 0.404. The molecule has 0 bridgehead atoms. The van der Waals surface area contributed by atoms with Crippen molar-refractivity contribution in [3.05, 3.63) is 49.6 Å². The zero-order chi connectivity index (χ0) is 14.7. The molecule has 1 aromatic carbocycles. The van der Waals surface area contributed by atoms with Gasteiger partial charge in [0.15, 0.2) is 0 Å². The molecule has 0 aliphatic heterocycles. The van der Waals surface area contributed by atoms with Crippen molar-refractivity contribution in [2.45, 2.75) is 26.8 Å². The third kappa shape index (κ3) is 3.25. The van der Waals surface area contributed by atoms with E-state index in [1.54, 1.807) is 7.11 Å². The van der Waals surface area contributed by atoms with Gasteiger partial charge < -0.3 is 10.1 Å². The van der Waals surface area contributed by atoms with Crippen LogP contribution >= 0.6 is 27.3 Å². The van der Waals surface area contributed by atoms with E-state index in [2.05, 4.69) is 54.2 Å². The molecule has 1 atom stereocenters. The van der Waals surface area contributed by atoms with Crippen molar-refractivity contribution < 1.29 is 4.74 Å². The van der Waals surface area contributed by atoms with Crippen LogP contribution in [-0.4, -0.2) is 13.7 Å². The molecule has 20 heavy (non-hydrogen) atoms. The molecule has 0 spiro atoms. The molecular weight excluding hydrogens is 334 g/mol. The zero-order valence-electron chi connectivity index (χ0n) is 12.3. The summed E-state index contributed by atoms with van der Waals surface area (Å²) in [6.45, 7) is 7.38. The van der Waals surface area contributed by atoms with Crippen LogP contribution in [0.1, 0.15) is 33.8 Å². The number of hydrogen-bond donors (Lipinski definition) is 1. The monoisotopic (exact) mass is 353 g/mol. The maximum absolute atomic E-state index is 5.53. The molecule has 1 aromatic heterocycles. The Kier molecular flexibility index (Phi) is 5.24. The molecule has 0 fully saturated rings. The van der Waals surface area contributed by atoms with Crippen molar-refractivity contribution in [1.29, 1.82) is 0 Å². The highest BCUT2D eigenvalue weighted by molar-refractivity contribution is 9.10. The Balaban J connectivity index is 2.50. The Morgan fingerprint density at radius 1 is 1.30 bits per heavy atom. The van der Waals surface area contributed by atoms with E-state index in [4.69, 9.17) is 4.74 Å². The van der Waals surface area contributed by atoms with Crippen molar-refractivity contribution >= 4 is 27.3 Å². The summed E-state index contributed by atoms with van der Waals surface area (Å²) >= 11 is 5.41. The quantitative estimate of drug-likeness (QED) is 0.830. The molecule has 0 radical (unpaired) electrons. The Morgan fingerprint density at radius 2 is 2.05 bits per heavy atom. The molecule has 2 rings (SSSR count). The van der Waals surface area contributed by atoms with Gasteiger partial charge in [-0.3, -0.25) is 0 Å². The highest BCUT2D eigenvalue weighted by atomic mass is 79.9. The summed E-state index contributed by atoms with van der Waals surface area (Å²) in [6, 6.07) is 8.60. The second-order valence-electron chi connectivity index (χ2n) is 4.76. The van der Waals surface area contributed by atoms with Crippen LogP contribution in [0.3, 0.4) is 0 Å². The van der Waals surface area contributed by atoms with Gasteiger partial charge in [-0.1, -0.05) is 22.9 Å². The van der Waals surface area contributed by atoms with E-state index in [0.29, 0.717) is 0 Å². The van der Waals surface area contributed by atoms with Crippen LogP contribution in [0, 0.1) is 13.8 Å². The Hall–Kier alpha value is -0.840. The van der Waals surface area contributed by atoms with Gasteiger partial charge in [0.05, 0.1) is 13.2 Å². The molecular formula is C16H20BrNOS. The first-order chi connectivity index (χ1) is 9.56. The van der Waals surface area contributed by atoms with Crippen molar-refractivity contribution in [3.63, 3.8) is 0 Å². The number of aryl methyl sites for hydroxylation is 2. The van der Waals surface area contributed by atoms with E-state index >= 15 is 0 Å². The molecule has 0 saturated carbocycles. The van der Waals surface area contributed by atoms with E-state index in [1.165, 1.54) is 20.9 Å². The Bertz CT molecular complexity index is 575.